The lowest BCUT2D eigenvalue weighted by molar-refractivity contribution is -0.149. The number of esters is 1. The molecule has 3 aromatic rings. The second-order valence-electron chi connectivity index (χ2n) is 12.3. The van der Waals surface area contributed by atoms with Gasteiger partial charge in [0.05, 0.1) is 31.5 Å². The van der Waals surface area contributed by atoms with E-state index in [1.165, 1.54) is 7.11 Å². The number of nitrogens with zero attached hydrogens (tertiary/aromatic N) is 4. The van der Waals surface area contributed by atoms with Gasteiger partial charge in [-0.05, 0) is 56.7 Å². The van der Waals surface area contributed by atoms with Gasteiger partial charge in [-0.3, -0.25) is 4.79 Å². The van der Waals surface area contributed by atoms with Crippen molar-refractivity contribution in [2.45, 2.75) is 70.4 Å². The normalized spacial score (nSPS) is 21.9. The van der Waals surface area contributed by atoms with Crippen LogP contribution >= 0.6 is 11.6 Å². The number of urea groups is 1. The molecule has 1 aromatic carbocycles. The van der Waals surface area contributed by atoms with Crippen molar-refractivity contribution < 1.29 is 28.6 Å². The van der Waals surface area contributed by atoms with Crippen LogP contribution in [-0.4, -0.2) is 83.1 Å². The number of halogens is 1. The molecule has 2 N–H and O–H groups in total. The molecule has 0 saturated heterocycles. The van der Waals surface area contributed by atoms with Gasteiger partial charge in [-0.1, -0.05) is 37.6 Å². The molecular weight excluding hydrogens is 624 g/mol. The second kappa shape index (κ2) is 14.6. The topological polar surface area (TPSA) is 137 Å². The third-order valence-electron chi connectivity index (χ3n) is 8.60. The van der Waals surface area contributed by atoms with Crippen molar-refractivity contribution in [3.8, 4) is 17.3 Å². The Hall–Kier alpha value is -4.32. The zero-order chi connectivity index (χ0) is 33.7. The van der Waals surface area contributed by atoms with Gasteiger partial charge in [0.15, 0.2) is 5.82 Å². The third-order valence-corrected chi connectivity index (χ3v) is 8.96. The predicted molar refractivity (Wildman–Crippen MR) is 178 cm³/mol. The largest absolute Gasteiger partial charge is 0.495 e. The summed E-state index contributed by atoms with van der Waals surface area (Å²) in [4.78, 5) is 46.3. The number of methoxy groups -OCH3 is 1. The number of allylic oxidation sites excluding steroid dienone is 1. The SMILES string of the molecule is CCOC(=O)[C@@]12C[C@H]1C=CCCCCN(C)C(=O)N[C@@H](CCOc1cc(-n3ccc(C(C)C)n3)nc3c(Cl)c(OC)ccc13)C(=O)N2. The van der Waals surface area contributed by atoms with Crippen molar-refractivity contribution in [1.29, 1.82) is 0 Å². The molecule has 47 heavy (non-hydrogen) atoms. The Morgan fingerprint density at radius 1 is 1.19 bits per heavy atom. The summed E-state index contributed by atoms with van der Waals surface area (Å²) >= 11 is 6.70. The van der Waals surface area contributed by atoms with Gasteiger partial charge in [-0.25, -0.2) is 19.3 Å². The highest BCUT2D eigenvalue weighted by Gasteiger charge is 2.61. The summed E-state index contributed by atoms with van der Waals surface area (Å²) in [5, 5.41) is 11.4. The highest BCUT2D eigenvalue weighted by molar-refractivity contribution is 6.36. The highest BCUT2D eigenvalue weighted by atomic mass is 35.5. The Kier molecular flexibility index (Phi) is 10.6. The van der Waals surface area contributed by atoms with E-state index in [1.807, 2.05) is 30.5 Å². The molecule has 1 fully saturated rings. The number of carbonyl (C=O) groups is 3. The number of aromatic nitrogens is 3. The number of carbonyl (C=O) groups excluding carboxylic acids is 3. The van der Waals surface area contributed by atoms with Gasteiger partial charge < -0.3 is 29.7 Å². The van der Waals surface area contributed by atoms with Crippen LogP contribution in [-0.2, 0) is 14.3 Å². The first kappa shape index (κ1) is 34.0. The van der Waals surface area contributed by atoms with E-state index < -0.39 is 23.5 Å². The average Bonchev–Trinajstić information content (AvgIpc) is 3.50. The minimum Gasteiger partial charge on any atom is -0.495 e. The van der Waals surface area contributed by atoms with Crippen LogP contribution in [0.25, 0.3) is 16.7 Å². The number of fused-ring (bicyclic) bond motifs is 2. The summed E-state index contributed by atoms with van der Waals surface area (Å²) in [6, 6.07) is 5.87. The molecule has 0 spiro atoms. The van der Waals surface area contributed by atoms with Crippen molar-refractivity contribution in [3.63, 3.8) is 0 Å². The molecule has 0 unspecified atom stereocenters. The Morgan fingerprint density at radius 2 is 2.00 bits per heavy atom. The maximum absolute atomic E-state index is 13.8. The van der Waals surface area contributed by atoms with E-state index in [9.17, 15) is 14.4 Å². The first-order chi connectivity index (χ1) is 22.6. The lowest BCUT2D eigenvalue weighted by atomic mass is 10.1. The number of ether oxygens (including phenoxy) is 3. The zero-order valence-corrected chi connectivity index (χ0v) is 28.3. The lowest BCUT2D eigenvalue weighted by Crippen LogP contribution is -2.56. The molecule has 1 aliphatic heterocycles. The Labute approximate surface area is 279 Å². The van der Waals surface area contributed by atoms with Crippen molar-refractivity contribution in [2.24, 2.45) is 5.92 Å². The first-order valence-corrected chi connectivity index (χ1v) is 16.5. The lowest BCUT2D eigenvalue weighted by Gasteiger charge is -2.26. The molecule has 0 radical (unpaired) electrons. The molecule has 2 aliphatic rings. The first-order valence-electron chi connectivity index (χ1n) is 16.1. The van der Waals surface area contributed by atoms with Gasteiger partial charge in [0, 0.05) is 43.6 Å². The smallest absolute Gasteiger partial charge is 0.332 e. The zero-order valence-electron chi connectivity index (χ0n) is 27.5. The Morgan fingerprint density at radius 3 is 2.72 bits per heavy atom. The van der Waals surface area contributed by atoms with Crippen LogP contribution in [0.4, 0.5) is 4.79 Å². The van der Waals surface area contributed by atoms with Crippen LogP contribution in [0, 0.1) is 5.92 Å². The molecule has 0 bridgehead atoms. The molecule has 3 atom stereocenters. The van der Waals surface area contributed by atoms with Gasteiger partial charge >= 0.3 is 12.0 Å². The van der Waals surface area contributed by atoms with Crippen LogP contribution in [0.5, 0.6) is 11.5 Å². The molecule has 1 saturated carbocycles. The Balaban J connectivity index is 1.42. The summed E-state index contributed by atoms with van der Waals surface area (Å²) in [7, 11) is 3.23. The molecular formula is C34H43ClN6O6. The van der Waals surface area contributed by atoms with E-state index in [4.69, 9.17) is 30.8 Å². The molecule has 3 heterocycles. The summed E-state index contributed by atoms with van der Waals surface area (Å²) in [6.45, 7) is 6.64. The molecule has 252 valence electrons. The number of amides is 3. The predicted octanol–water partition coefficient (Wildman–Crippen LogP) is 5.16. The van der Waals surface area contributed by atoms with Crippen LogP contribution in [0.3, 0.4) is 0 Å². The van der Waals surface area contributed by atoms with Crippen LogP contribution in [0.2, 0.25) is 5.02 Å². The summed E-state index contributed by atoms with van der Waals surface area (Å²) < 4.78 is 18.7. The van der Waals surface area contributed by atoms with Crippen molar-refractivity contribution in [3.05, 3.63) is 53.3 Å². The standard InChI is InChI=1S/C34H43ClN6O6/c1-6-46-32(43)34-20-22(34)11-9-7-8-10-16-40(4)33(44)36-25(31(42)38-34)15-18-47-27-19-28(41-17-14-24(39-41)21(2)3)37-30-23(27)12-13-26(45-5)29(30)35/h9,11-14,17,19,21-22,25H,6-8,10,15-16,18,20H2,1-5H3,(H,36,44)(H,38,42)/t22-,25+,34-/m1/s1. The van der Waals surface area contributed by atoms with E-state index in [-0.39, 0.29) is 37.5 Å². The van der Waals surface area contributed by atoms with E-state index >= 15 is 0 Å². The maximum atomic E-state index is 13.8. The highest BCUT2D eigenvalue weighted by Crippen LogP contribution is 2.46. The molecule has 5 rings (SSSR count). The fourth-order valence-corrected chi connectivity index (χ4v) is 5.95. The van der Waals surface area contributed by atoms with Gasteiger partial charge in [-0.15, -0.1) is 0 Å². The third kappa shape index (κ3) is 7.48. The summed E-state index contributed by atoms with van der Waals surface area (Å²) in [6.07, 6.45) is 8.93. The molecule has 3 amide bonds. The van der Waals surface area contributed by atoms with Crippen molar-refractivity contribution >= 4 is 40.4 Å². The minimum absolute atomic E-state index is 0.0520. The monoisotopic (exact) mass is 666 g/mol. The quantitative estimate of drug-likeness (QED) is 0.236. The van der Waals surface area contributed by atoms with Crippen molar-refractivity contribution in [1.82, 2.24) is 30.3 Å². The fraction of sp³-hybridized carbons (Fsp3) is 0.500. The number of hydrogen-bond acceptors (Lipinski definition) is 8. The summed E-state index contributed by atoms with van der Waals surface area (Å²) in [5.74, 6) is 0.510. The molecule has 13 heteroatoms. The molecule has 12 nitrogen and oxygen atoms in total. The van der Waals surface area contributed by atoms with E-state index in [0.717, 1.165) is 25.0 Å². The van der Waals surface area contributed by atoms with Gasteiger partial charge in [0.25, 0.3) is 0 Å². The van der Waals surface area contributed by atoms with Crippen LogP contribution < -0.4 is 20.1 Å². The van der Waals surface area contributed by atoms with E-state index in [1.54, 1.807) is 35.7 Å². The fourth-order valence-electron chi connectivity index (χ4n) is 5.67. The molecule has 1 aliphatic carbocycles. The molecule has 2 aromatic heterocycles. The van der Waals surface area contributed by atoms with Crippen LogP contribution in [0.15, 0.2) is 42.6 Å². The summed E-state index contributed by atoms with van der Waals surface area (Å²) in [5.41, 5.74) is 0.212. The van der Waals surface area contributed by atoms with Gasteiger partial charge in [0.1, 0.15) is 28.1 Å². The van der Waals surface area contributed by atoms with Crippen LogP contribution in [0.1, 0.15) is 64.5 Å². The van der Waals surface area contributed by atoms with Crippen molar-refractivity contribution in [2.75, 3.05) is 33.9 Å². The minimum atomic E-state index is -1.16. The second-order valence-corrected chi connectivity index (χ2v) is 12.7. The number of rotatable bonds is 9. The van der Waals surface area contributed by atoms with E-state index in [2.05, 4.69) is 29.6 Å². The number of pyridine rings is 1. The maximum Gasteiger partial charge on any atom is 0.332 e. The van der Waals surface area contributed by atoms with E-state index in [0.29, 0.717) is 46.2 Å². The number of nitrogens with one attached hydrogen (secondary N) is 2. The number of benzene rings is 1. The Bertz CT molecular complexity index is 1660. The van der Waals surface area contributed by atoms with Gasteiger partial charge in [-0.2, -0.15) is 5.10 Å². The number of hydrogen-bond donors (Lipinski definition) is 2. The van der Waals surface area contributed by atoms with Gasteiger partial charge in [0.2, 0.25) is 5.91 Å². The average molecular weight is 667 g/mol.